The zero-order valence-corrected chi connectivity index (χ0v) is 12.3. The molecule has 104 valence electrons. The van der Waals surface area contributed by atoms with Crippen molar-refractivity contribution in [2.45, 2.75) is 64.7 Å². The summed E-state index contributed by atoms with van der Waals surface area (Å²) in [6.45, 7) is 1.69. The molecule has 4 heteroatoms. The van der Waals surface area contributed by atoms with E-state index in [9.17, 15) is 13.7 Å². The molecule has 0 amide bonds. The summed E-state index contributed by atoms with van der Waals surface area (Å²) in [6, 6.07) is 2.49. The summed E-state index contributed by atoms with van der Waals surface area (Å²) in [7, 11) is -2.88. The lowest BCUT2D eigenvalue weighted by Crippen LogP contribution is -2.21. The van der Waals surface area contributed by atoms with Gasteiger partial charge in [0.25, 0.3) is 0 Å². The predicted octanol–water partition coefficient (Wildman–Crippen LogP) is 3.46. The SMILES string of the molecule is CCS(=O)(=O)CCCC1(C#N)CCCCCCC1. The Morgan fingerprint density at radius 1 is 1.11 bits per heavy atom. The fourth-order valence-electron chi connectivity index (χ4n) is 2.77. The van der Waals surface area contributed by atoms with E-state index in [4.69, 9.17) is 0 Å². The van der Waals surface area contributed by atoms with Crippen molar-refractivity contribution >= 4 is 9.84 Å². The highest BCUT2D eigenvalue weighted by atomic mass is 32.2. The third-order valence-electron chi connectivity index (χ3n) is 4.10. The molecular weight excluding hydrogens is 246 g/mol. The van der Waals surface area contributed by atoms with Crippen molar-refractivity contribution in [1.82, 2.24) is 0 Å². The number of sulfone groups is 1. The van der Waals surface area contributed by atoms with E-state index in [1.165, 1.54) is 19.3 Å². The van der Waals surface area contributed by atoms with Gasteiger partial charge in [-0.25, -0.2) is 8.42 Å². The number of hydrogen-bond acceptors (Lipinski definition) is 3. The number of nitrogens with zero attached hydrogens (tertiary/aromatic N) is 1. The van der Waals surface area contributed by atoms with Crippen molar-refractivity contribution in [3.8, 4) is 6.07 Å². The minimum absolute atomic E-state index is 0.215. The maximum atomic E-state index is 11.5. The standard InChI is InChI=1S/C14H25NO2S/c1-2-18(16,17)12-8-11-14(13-15)9-6-4-3-5-7-10-14/h2-12H2,1H3. The molecule has 0 N–H and O–H groups in total. The molecule has 0 aromatic rings. The van der Waals surface area contributed by atoms with Gasteiger partial charge < -0.3 is 0 Å². The molecule has 1 saturated carbocycles. The molecule has 0 aromatic heterocycles. The largest absolute Gasteiger partial charge is 0.229 e. The molecule has 0 spiro atoms. The fraction of sp³-hybridized carbons (Fsp3) is 0.929. The Labute approximate surface area is 111 Å². The Hall–Kier alpha value is -0.560. The second-order valence-electron chi connectivity index (χ2n) is 5.50. The first kappa shape index (κ1) is 15.5. The number of rotatable bonds is 5. The average molecular weight is 271 g/mol. The van der Waals surface area contributed by atoms with Crippen LogP contribution >= 0.6 is 0 Å². The van der Waals surface area contributed by atoms with Crippen LogP contribution in [-0.2, 0) is 9.84 Å². The summed E-state index contributed by atoms with van der Waals surface area (Å²) in [5.41, 5.74) is -0.246. The molecule has 0 atom stereocenters. The van der Waals surface area contributed by atoms with Gasteiger partial charge in [-0.15, -0.1) is 0 Å². The molecule has 0 aliphatic heterocycles. The van der Waals surface area contributed by atoms with Gasteiger partial charge >= 0.3 is 0 Å². The average Bonchev–Trinajstić information content (AvgIpc) is 2.32. The van der Waals surface area contributed by atoms with E-state index < -0.39 is 9.84 Å². The third kappa shape index (κ3) is 4.97. The van der Waals surface area contributed by atoms with Crippen molar-refractivity contribution in [2.75, 3.05) is 11.5 Å². The van der Waals surface area contributed by atoms with Crippen molar-refractivity contribution in [2.24, 2.45) is 5.41 Å². The van der Waals surface area contributed by atoms with Crippen LogP contribution in [0.5, 0.6) is 0 Å². The number of hydrogen-bond donors (Lipinski definition) is 0. The molecule has 0 bridgehead atoms. The zero-order chi connectivity index (χ0) is 13.5. The van der Waals surface area contributed by atoms with Crippen molar-refractivity contribution in [3.63, 3.8) is 0 Å². The zero-order valence-electron chi connectivity index (χ0n) is 11.5. The lowest BCUT2D eigenvalue weighted by atomic mass is 9.74. The van der Waals surface area contributed by atoms with Crippen LogP contribution in [0.3, 0.4) is 0 Å². The van der Waals surface area contributed by atoms with Crippen molar-refractivity contribution in [3.05, 3.63) is 0 Å². The lowest BCUT2D eigenvalue weighted by molar-refractivity contribution is 0.268. The highest BCUT2D eigenvalue weighted by Gasteiger charge is 2.30. The summed E-state index contributed by atoms with van der Waals surface area (Å²) in [6.07, 6.45) is 9.26. The van der Waals surface area contributed by atoms with E-state index in [2.05, 4.69) is 6.07 Å². The Morgan fingerprint density at radius 2 is 1.67 bits per heavy atom. The highest BCUT2D eigenvalue weighted by molar-refractivity contribution is 7.91. The molecule has 0 heterocycles. The van der Waals surface area contributed by atoms with Gasteiger partial charge in [0.05, 0.1) is 17.2 Å². The first-order valence-electron chi connectivity index (χ1n) is 7.15. The van der Waals surface area contributed by atoms with Gasteiger partial charge in [0.15, 0.2) is 0 Å². The van der Waals surface area contributed by atoms with Crippen LogP contribution in [0, 0.1) is 16.7 Å². The first-order chi connectivity index (χ1) is 8.54. The molecule has 0 saturated heterocycles. The molecule has 18 heavy (non-hydrogen) atoms. The van der Waals surface area contributed by atoms with E-state index in [0.717, 1.165) is 32.1 Å². The lowest BCUT2D eigenvalue weighted by Gasteiger charge is -2.28. The van der Waals surface area contributed by atoms with Crippen LogP contribution in [0.25, 0.3) is 0 Å². The quantitative estimate of drug-likeness (QED) is 0.769. The maximum absolute atomic E-state index is 11.5. The summed E-state index contributed by atoms with van der Waals surface area (Å²) >= 11 is 0. The Kier molecular flexibility index (Phi) is 6.14. The number of nitriles is 1. The Morgan fingerprint density at radius 3 is 2.17 bits per heavy atom. The van der Waals surface area contributed by atoms with Crippen LogP contribution in [0.4, 0.5) is 0 Å². The van der Waals surface area contributed by atoms with Gasteiger partial charge in [0.1, 0.15) is 9.84 Å². The van der Waals surface area contributed by atoms with E-state index in [-0.39, 0.29) is 16.9 Å². The minimum atomic E-state index is -2.88. The molecular formula is C14H25NO2S. The van der Waals surface area contributed by atoms with Gasteiger partial charge in [-0.3, -0.25) is 0 Å². The third-order valence-corrected chi connectivity index (χ3v) is 5.89. The monoisotopic (exact) mass is 271 g/mol. The second kappa shape index (κ2) is 7.13. The maximum Gasteiger partial charge on any atom is 0.150 e. The topological polar surface area (TPSA) is 57.9 Å². The molecule has 0 unspecified atom stereocenters. The van der Waals surface area contributed by atoms with Crippen LogP contribution in [0.1, 0.15) is 64.7 Å². The minimum Gasteiger partial charge on any atom is -0.229 e. The second-order valence-corrected chi connectivity index (χ2v) is 7.97. The van der Waals surface area contributed by atoms with E-state index in [0.29, 0.717) is 6.42 Å². The van der Waals surface area contributed by atoms with Crippen molar-refractivity contribution < 1.29 is 8.42 Å². The van der Waals surface area contributed by atoms with Crippen LogP contribution in [0.15, 0.2) is 0 Å². The molecule has 0 aromatic carbocycles. The first-order valence-corrected chi connectivity index (χ1v) is 8.97. The van der Waals surface area contributed by atoms with Gasteiger partial charge in [0, 0.05) is 5.75 Å². The predicted molar refractivity (Wildman–Crippen MR) is 73.9 cm³/mol. The van der Waals surface area contributed by atoms with Crippen LogP contribution < -0.4 is 0 Å². The Balaban J connectivity index is 2.51. The fourth-order valence-corrected chi connectivity index (χ4v) is 3.65. The van der Waals surface area contributed by atoms with Gasteiger partial charge in [0.2, 0.25) is 0 Å². The van der Waals surface area contributed by atoms with E-state index >= 15 is 0 Å². The molecule has 3 nitrogen and oxygen atoms in total. The van der Waals surface area contributed by atoms with Crippen LogP contribution in [0.2, 0.25) is 0 Å². The molecule has 1 fully saturated rings. The summed E-state index contributed by atoms with van der Waals surface area (Å²) in [4.78, 5) is 0. The molecule has 1 aliphatic carbocycles. The molecule has 0 radical (unpaired) electrons. The molecule has 1 rings (SSSR count). The van der Waals surface area contributed by atoms with Gasteiger partial charge in [-0.05, 0) is 25.7 Å². The van der Waals surface area contributed by atoms with Gasteiger partial charge in [-0.1, -0.05) is 39.0 Å². The summed E-state index contributed by atoms with van der Waals surface area (Å²) < 4.78 is 22.9. The summed E-state index contributed by atoms with van der Waals surface area (Å²) in [5.74, 6) is 0.458. The smallest absolute Gasteiger partial charge is 0.150 e. The normalized spacial score (nSPS) is 20.7. The van der Waals surface area contributed by atoms with Crippen molar-refractivity contribution in [1.29, 1.82) is 5.26 Å². The van der Waals surface area contributed by atoms with Crippen LogP contribution in [-0.4, -0.2) is 19.9 Å². The van der Waals surface area contributed by atoms with E-state index in [1.807, 2.05) is 0 Å². The summed E-state index contributed by atoms with van der Waals surface area (Å²) in [5, 5.41) is 9.45. The highest BCUT2D eigenvalue weighted by Crippen LogP contribution is 2.37. The van der Waals surface area contributed by atoms with Gasteiger partial charge in [-0.2, -0.15) is 5.26 Å². The Bertz CT molecular complexity index is 373. The van der Waals surface area contributed by atoms with E-state index in [1.54, 1.807) is 6.92 Å². The molecule has 1 aliphatic rings.